The number of nitrogens with zero attached hydrogens (tertiary/aromatic N) is 1. The van der Waals surface area contributed by atoms with E-state index in [1.807, 2.05) is 6.42 Å². The molecule has 0 saturated heterocycles. The summed E-state index contributed by atoms with van der Waals surface area (Å²) in [5, 5.41) is 0. The fraction of sp³-hybridized carbons (Fsp3) is 0. The van der Waals surface area contributed by atoms with Gasteiger partial charge in [0, 0.05) is 0 Å². The SMILES string of the molecule is [CH]1c2coc1n2. The number of hydrogen-bond acceptors (Lipinski definition) is 2. The van der Waals surface area contributed by atoms with Crippen molar-refractivity contribution in [3.63, 3.8) is 0 Å². The van der Waals surface area contributed by atoms with Crippen LogP contribution in [0.15, 0.2) is 10.7 Å². The zero-order valence-corrected chi connectivity index (χ0v) is 3.01. The van der Waals surface area contributed by atoms with E-state index in [1.54, 1.807) is 6.26 Å². The highest BCUT2D eigenvalue weighted by molar-refractivity contribution is 5.28. The van der Waals surface area contributed by atoms with Gasteiger partial charge in [0.15, 0.2) is 0 Å². The normalized spacial score (nSPS) is 14.0. The molecule has 0 unspecified atom stereocenters. The highest BCUT2D eigenvalue weighted by atomic mass is 16.3. The predicted octanol–water partition coefficient (Wildman–Crippen LogP) is 0.589. The first-order chi connectivity index (χ1) is 2.95. The second kappa shape index (κ2) is 0.511. The molecule has 3 rings (SSSR count). The number of aromatic nitrogens is 1. The maximum absolute atomic E-state index is 4.76. The number of fused-ring (bicyclic) bond motifs is 1. The Bertz CT molecular complexity index is 144. The molecular weight excluding hydrogens is 78.1 g/mol. The van der Waals surface area contributed by atoms with Crippen LogP contribution >= 0.6 is 0 Å². The lowest BCUT2D eigenvalue weighted by molar-refractivity contribution is 0.539. The van der Waals surface area contributed by atoms with Gasteiger partial charge in [-0.15, -0.1) is 0 Å². The quantitative estimate of drug-likeness (QED) is 0.463. The number of hydrogen-bond donors (Lipinski definition) is 0. The molecule has 0 aromatic carbocycles. The summed E-state index contributed by atoms with van der Waals surface area (Å²) < 4.78 is 4.76. The van der Waals surface area contributed by atoms with Crippen LogP contribution in [0, 0.1) is 6.42 Å². The second-order valence-corrected chi connectivity index (χ2v) is 1.25. The van der Waals surface area contributed by atoms with Gasteiger partial charge >= 0.3 is 0 Å². The van der Waals surface area contributed by atoms with Crippen LogP contribution in [0.1, 0.15) is 11.6 Å². The molecule has 2 bridgehead atoms. The van der Waals surface area contributed by atoms with Gasteiger partial charge in [0.1, 0.15) is 6.26 Å². The highest BCUT2D eigenvalue weighted by Gasteiger charge is 2.15. The topological polar surface area (TPSA) is 26.0 Å². The van der Waals surface area contributed by atoms with Crippen molar-refractivity contribution in [2.45, 2.75) is 0 Å². The third-order valence-corrected chi connectivity index (χ3v) is 0.811. The lowest BCUT2D eigenvalue weighted by atomic mass is 10.3. The first-order valence-corrected chi connectivity index (χ1v) is 1.75. The van der Waals surface area contributed by atoms with E-state index < -0.39 is 0 Å². The van der Waals surface area contributed by atoms with Crippen LogP contribution in [-0.4, -0.2) is 4.98 Å². The van der Waals surface area contributed by atoms with Gasteiger partial charge < -0.3 is 4.42 Å². The summed E-state index contributed by atoms with van der Waals surface area (Å²) in [5.41, 5.74) is 0.963. The van der Waals surface area contributed by atoms with Gasteiger partial charge in [-0.3, -0.25) is 0 Å². The number of rotatable bonds is 0. The first-order valence-electron chi connectivity index (χ1n) is 1.75. The van der Waals surface area contributed by atoms with Crippen molar-refractivity contribution in [1.29, 1.82) is 0 Å². The summed E-state index contributed by atoms with van der Waals surface area (Å²) in [4.78, 5) is 3.83. The molecule has 0 spiro atoms. The Morgan fingerprint density at radius 3 is 2.67 bits per heavy atom. The van der Waals surface area contributed by atoms with E-state index >= 15 is 0 Å². The van der Waals surface area contributed by atoms with Crippen LogP contribution in [0.4, 0.5) is 0 Å². The Kier molecular flexibility index (Phi) is 0.204. The molecule has 1 aromatic rings. The van der Waals surface area contributed by atoms with Crippen LogP contribution in [0.2, 0.25) is 0 Å². The molecule has 0 saturated carbocycles. The fourth-order valence-corrected chi connectivity index (χ4v) is 0.494. The highest BCUT2D eigenvalue weighted by Crippen LogP contribution is 2.18. The van der Waals surface area contributed by atoms with Gasteiger partial charge in [0.2, 0.25) is 5.89 Å². The van der Waals surface area contributed by atoms with Gasteiger partial charge in [0.25, 0.3) is 0 Å². The lowest BCUT2D eigenvalue weighted by Gasteiger charge is -1.91. The predicted molar refractivity (Wildman–Crippen MR) is 19.0 cm³/mol. The Balaban J connectivity index is 2.95. The minimum absolute atomic E-state index is 0.755. The van der Waals surface area contributed by atoms with Crippen LogP contribution in [0.25, 0.3) is 0 Å². The van der Waals surface area contributed by atoms with Crippen LogP contribution in [-0.2, 0) is 0 Å². The van der Waals surface area contributed by atoms with Gasteiger partial charge in [0.05, 0.1) is 12.1 Å². The zero-order valence-electron chi connectivity index (χ0n) is 3.01. The summed E-state index contributed by atoms with van der Waals surface area (Å²) in [6.07, 6.45) is 3.52. The van der Waals surface area contributed by atoms with Crippen LogP contribution in [0.3, 0.4) is 0 Å². The maximum Gasteiger partial charge on any atom is 0.204 e. The van der Waals surface area contributed by atoms with Gasteiger partial charge in [-0.25, -0.2) is 4.98 Å². The third kappa shape index (κ3) is 0.105. The average molecular weight is 80.1 g/mol. The fourth-order valence-electron chi connectivity index (χ4n) is 0.494. The first kappa shape index (κ1) is 2.39. The molecular formula is C4H2NO. The van der Waals surface area contributed by atoms with Crippen molar-refractivity contribution in [2.24, 2.45) is 0 Å². The van der Waals surface area contributed by atoms with Crippen LogP contribution < -0.4 is 0 Å². The Labute approximate surface area is 34.8 Å². The second-order valence-electron chi connectivity index (χ2n) is 1.25. The summed E-state index contributed by atoms with van der Waals surface area (Å²) in [7, 11) is 0. The molecule has 0 aliphatic carbocycles. The Morgan fingerprint density at radius 1 is 1.67 bits per heavy atom. The van der Waals surface area contributed by atoms with E-state index in [4.69, 9.17) is 4.42 Å². The molecule has 0 fully saturated rings. The van der Waals surface area contributed by atoms with E-state index in [1.165, 1.54) is 0 Å². The van der Waals surface area contributed by atoms with Crippen molar-refractivity contribution in [3.8, 4) is 0 Å². The largest absolute Gasteiger partial charge is 0.448 e. The minimum Gasteiger partial charge on any atom is -0.448 e. The van der Waals surface area contributed by atoms with E-state index in [0.29, 0.717) is 0 Å². The zero-order chi connectivity index (χ0) is 3.98. The molecule has 6 heavy (non-hydrogen) atoms. The Hall–Kier alpha value is -0.790. The molecule has 0 N–H and O–H groups in total. The molecule has 2 heteroatoms. The molecule has 2 aliphatic heterocycles. The molecule has 1 radical (unpaired) electrons. The summed E-state index contributed by atoms with van der Waals surface area (Å²) >= 11 is 0. The van der Waals surface area contributed by atoms with E-state index in [2.05, 4.69) is 4.98 Å². The molecule has 2 nitrogen and oxygen atoms in total. The molecule has 0 atom stereocenters. The monoisotopic (exact) mass is 80.0 g/mol. The van der Waals surface area contributed by atoms with Crippen molar-refractivity contribution in [3.05, 3.63) is 24.3 Å². The van der Waals surface area contributed by atoms with E-state index in [-0.39, 0.29) is 0 Å². The third-order valence-electron chi connectivity index (χ3n) is 0.811. The average Bonchev–Trinajstić information content (AvgIpc) is 1.72. The summed E-state index contributed by atoms with van der Waals surface area (Å²) in [6, 6.07) is 0. The van der Waals surface area contributed by atoms with E-state index in [9.17, 15) is 0 Å². The van der Waals surface area contributed by atoms with Crippen molar-refractivity contribution in [1.82, 2.24) is 4.98 Å². The lowest BCUT2D eigenvalue weighted by Crippen LogP contribution is -1.92. The molecule has 1 aromatic heterocycles. The van der Waals surface area contributed by atoms with Crippen molar-refractivity contribution >= 4 is 0 Å². The van der Waals surface area contributed by atoms with Crippen LogP contribution in [0.5, 0.6) is 0 Å². The standard InChI is InChI=1S/C4H2NO/c1-3-2-6-4(1)5-3/h1-2H. The maximum atomic E-state index is 4.76. The Morgan fingerprint density at radius 2 is 2.50 bits per heavy atom. The van der Waals surface area contributed by atoms with Crippen molar-refractivity contribution < 1.29 is 4.42 Å². The molecule has 3 heterocycles. The van der Waals surface area contributed by atoms with E-state index in [0.717, 1.165) is 11.6 Å². The van der Waals surface area contributed by atoms with Gasteiger partial charge in [-0.2, -0.15) is 0 Å². The van der Waals surface area contributed by atoms with Gasteiger partial charge in [-0.05, 0) is 0 Å². The summed E-state index contributed by atoms with van der Waals surface area (Å²) in [5.74, 6) is 0.755. The molecule has 29 valence electrons. The smallest absolute Gasteiger partial charge is 0.204 e. The molecule has 2 aliphatic rings. The number of oxazole rings is 1. The molecule has 0 amide bonds. The van der Waals surface area contributed by atoms with Crippen molar-refractivity contribution in [2.75, 3.05) is 0 Å². The summed E-state index contributed by atoms with van der Waals surface area (Å²) in [6.45, 7) is 0. The minimum atomic E-state index is 0.755. The van der Waals surface area contributed by atoms with Gasteiger partial charge in [-0.1, -0.05) is 0 Å².